The molecule has 1 fully saturated rings. The summed E-state index contributed by atoms with van der Waals surface area (Å²) in [7, 11) is 0. The molecule has 5 heteroatoms. The molecule has 5 nitrogen and oxygen atoms in total. The first kappa shape index (κ1) is 14.7. The maximum absolute atomic E-state index is 11.8. The Bertz CT molecular complexity index is 450. The average Bonchev–Trinajstić information content (AvgIpc) is 2.41. The summed E-state index contributed by atoms with van der Waals surface area (Å²) in [5.74, 6) is 0.638. The van der Waals surface area contributed by atoms with Crippen molar-refractivity contribution in [3.8, 4) is 5.75 Å². The number of carbonyl (C=O) groups excluding carboxylic acids is 1. The molecule has 2 atom stereocenters. The molecule has 0 spiro atoms. The number of anilines is 1. The molecule has 1 aliphatic heterocycles. The van der Waals surface area contributed by atoms with Crippen molar-refractivity contribution in [2.75, 3.05) is 18.9 Å². The summed E-state index contributed by atoms with van der Waals surface area (Å²) in [5, 5.41) is 3.02. The molecule has 1 amide bonds. The van der Waals surface area contributed by atoms with Crippen LogP contribution < -0.4 is 15.8 Å². The molecule has 1 aromatic carbocycles. The Morgan fingerprint density at radius 3 is 3.05 bits per heavy atom. The molecular formula is C15H22N2O3. The molecule has 0 aromatic heterocycles. The van der Waals surface area contributed by atoms with E-state index in [2.05, 4.69) is 5.32 Å². The van der Waals surface area contributed by atoms with Gasteiger partial charge in [0.1, 0.15) is 5.75 Å². The minimum absolute atomic E-state index is 0.0126. The zero-order valence-electron chi connectivity index (χ0n) is 11.8. The van der Waals surface area contributed by atoms with Crippen LogP contribution in [0.3, 0.4) is 0 Å². The zero-order chi connectivity index (χ0) is 14.4. The molecular weight excluding hydrogens is 256 g/mol. The quantitative estimate of drug-likeness (QED) is 0.804. The van der Waals surface area contributed by atoms with Crippen molar-refractivity contribution in [3.05, 3.63) is 24.3 Å². The second kappa shape index (κ2) is 7.14. The van der Waals surface area contributed by atoms with Crippen molar-refractivity contribution < 1.29 is 14.3 Å². The van der Waals surface area contributed by atoms with E-state index in [1.54, 1.807) is 12.1 Å². The lowest BCUT2D eigenvalue weighted by Gasteiger charge is -2.27. The van der Waals surface area contributed by atoms with E-state index in [0.717, 1.165) is 12.8 Å². The molecule has 1 aromatic rings. The maximum Gasteiger partial charge on any atom is 0.223 e. The van der Waals surface area contributed by atoms with Crippen molar-refractivity contribution in [2.45, 2.75) is 38.3 Å². The molecule has 2 rings (SSSR count). The summed E-state index contributed by atoms with van der Waals surface area (Å²) in [6.07, 6.45) is 2.30. The number of nitrogen functional groups attached to an aromatic ring is 1. The standard InChI is InChI=1S/C15H22N2O3/c1-11-10-12(6-8-19-11)17-15(18)7-9-20-14-5-3-2-4-13(14)16/h2-5,11-12H,6-10,16H2,1H3,(H,17,18). The minimum atomic E-state index is 0.0126. The van der Waals surface area contributed by atoms with Gasteiger partial charge < -0.3 is 20.5 Å². The fraction of sp³-hybridized carbons (Fsp3) is 0.533. The van der Waals surface area contributed by atoms with Crippen molar-refractivity contribution in [3.63, 3.8) is 0 Å². The van der Waals surface area contributed by atoms with E-state index in [0.29, 0.717) is 31.1 Å². The number of hydrogen-bond donors (Lipinski definition) is 2. The molecule has 0 radical (unpaired) electrons. The summed E-state index contributed by atoms with van der Waals surface area (Å²) in [4.78, 5) is 11.8. The number of carbonyl (C=O) groups is 1. The topological polar surface area (TPSA) is 73.6 Å². The summed E-state index contributed by atoms with van der Waals surface area (Å²) >= 11 is 0. The van der Waals surface area contributed by atoms with Gasteiger partial charge in [0.05, 0.1) is 24.8 Å². The fourth-order valence-electron chi connectivity index (χ4n) is 2.29. The smallest absolute Gasteiger partial charge is 0.223 e. The number of amides is 1. The first-order valence-electron chi connectivity index (χ1n) is 7.03. The molecule has 3 N–H and O–H groups in total. The minimum Gasteiger partial charge on any atom is -0.491 e. The second-order valence-electron chi connectivity index (χ2n) is 5.11. The van der Waals surface area contributed by atoms with Gasteiger partial charge in [0.15, 0.2) is 0 Å². The Balaban J connectivity index is 1.69. The van der Waals surface area contributed by atoms with E-state index in [1.165, 1.54) is 0 Å². The summed E-state index contributed by atoms with van der Waals surface area (Å²) < 4.78 is 11.0. The molecule has 20 heavy (non-hydrogen) atoms. The molecule has 0 bridgehead atoms. The number of rotatable bonds is 5. The van der Waals surface area contributed by atoms with Gasteiger partial charge in [0.25, 0.3) is 0 Å². The molecule has 0 saturated carbocycles. The highest BCUT2D eigenvalue weighted by Gasteiger charge is 2.20. The van der Waals surface area contributed by atoms with Crippen LogP contribution in [-0.4, -0.2) is 31.3 Å². The van der Waals surface area contributed by atoms with Gasteiger partial charge in [-0.1, -0.05) is 12.1 Å². The van der Waals surface area contributed by atoms with E-state index in [4.69, 9.17) is 15.2 Å². The fourth-order valence-corrected chi connectivity index (χ4v) is 2.29. The lowest BCUT2D eigenvalue weighted by atomic mass is 10.0. The second-order valence-corrected chi connectivity index (χ2v) is 5.11. The van der Waals surface area contributed by atoms with Gasteiger partial charge >= 0.3 is 0 Å². The third-order valence-corrected chi connectivity index (χ3v) is 3.36. The van der Waals surface area contributed by atoms with Gasteiger partial charge in [-0.2, -0.15) is 0 Å². The Labute approximate surface area is 119 Å². The van der Waals surface area contributed by atoms with Gasteiger partial charge in [-0.3, -0.25) is 4.79 Å². The van der Waals surface area contributed by atoms with Crippen LogP contribution in [0.15, 0.2) is 24.3 Å². The summed E-state index contributed by atoms with van der Waals surface area (Å²) in [6.45, 7) is 3.07. The van der Waals surface area contributed by atoms with Crippen LogP contribution in [0.1, 0.15) is 26.2 Å². The Hall–Kier alpha value is -1.75. The maximum atomic E-state index is 11.8. The molecule has 1 saturated heterocycles. The SMILES string of the molecule is CC1CC(NC(=O)CCOc2ccccc2N)CCO1. The molecule has 1 heterocycles. The predicted octanol–water partition coefficient (Wildman–Crippen LogP) is 1.72. The Kier molecular flexibility index (Phi) is 5.24. The van der Waals surface area contributed by atoms with Crippen LogP contribution in [0.25, 0.3) is 0 Å². The van der Waals surface area contributed by atoms with Gasteiger partial charge in [-0.05, 0) is 31.9 Å². The zero-order valence-corrected chi connectivity index (χ0v) is 11.8. The number of ether oxygens (including phenoxy) is 2. The number of nitrogens with two attached hydrogens (primary N) is 1. The Morgan fingerprint density at radius 2 is 2.30 bits per heavy atom. The Morgan fingerprint density at radius 1 is 1.50 bits per heavy atom. The highest BCUT2D eigenvalue weighted by atomic mass is 16.5. The van der Waals surface area contributed by atoms with Crippen LogP contribution >= 0.6 is 0 Å². The largest absolute Gasteiger partial charge is 0.491 e. The first-order chi connectivity index (χ1) is 9.65. The van der Waals surface area contributed by atoms with Crippen LogP contribution in [0.5, 0.6) is 5.75 Å². The summed E-state index contributed by atoms with van der Waals surface area (Å²) in [6, 6.07) is 7.50. The number of nitrogens with one attached hydrogen (secondary N) is 1. The van der Waals surface area contributed by atoms with E-state index in [9.17, 15) is 4.79 Å². The lowest BCUT2D eigenvalue weighted by Crippen LogP contribution is -2.41. The predicted molar refractivity (Wildman–Crippen MR) is 77.5 cm³/mol. The first-order valence-corrected chi connectivity index (χ1v) is 7.03. The highest BCUT2D eigenvalue weighted by Crippen LogP contribution is 2.19. The normalized spacial score (nSPS) is 22.2. The molecule has 0 aliphatic carbocycles. The highest BCUT2D eigenvalue weighted by molar-refractivity contribution is 5.76. The monoisotopic (exact) mass is 278 g/mol. The van der Waals surface area contributed by atoms with Crippen molar-refractivity contribution >= 4 is 11.6 Å². The van der Waals surface area contributed by atoms with Crippen molar-refractivity contribution in [1.82, 2.24) is 5.32 Å². The van der Waals surface area contributed by atoms with E-state index in [-0.39, 0.29) is 18.1 Å². The van der Waals surface area contributed by atoms with Gasteiger partial charge in [0, 0.05) is 12.6 Å². The van der Waals surface area contributed by atoms with Crippen LogP contribution in [0, 0.1) is 0 Å². The van der Waals surface area contributed by atoms with Crippen molar-refractivity contribution in [2.24, 2.45) is 0 Å². The van der Waals surface area contributed by atoms with Crippen LogP contribution in [0.4, 0.5) is 5.69 Å². The van der Waals surface area contributed by atoms with E-state index in [1.807, 2.05) is 19.1 Å². The summed E-state index contributed by atoms with van der Waals surface area (Å²) in [5.41, 5.74) is 6.35. The third-order valence-electron chi connectivity index (χ3n) is 3.36. The number of para-hydroxylation sites is 2. The van der Waals surface area contributed by atoms with Gasteiger partial charge in [-0.15, -0.1) is 0 Å². The number of hydrogen-bond acceptors (Lipinski definition) is 4. The lowest BCUT2D eigenvalue weighted by molar-refractivity contribution is -0.123. The number of benzene rings is 1. The van der Waals surface area contributed by atoms with E-state index >= 15 is 0 Å². The average molecular weight is 278 g/mol. The van der Waals surface area contributed by atoms with E-state index < -0.39 is 0 Å². The molecule has 2 unspecified atom stereocenters. The molecule has 110 valence electrons. The van der Waals surface area contributed by atoms with Crippen molar-refractivity contribution in [1.29, 1.82) is 0 Å². The van der Waals surface area contributed by atoms with Gasteiger partial charge in [0.2, 0.25) is 5.91 Å². The molecule has 1 aliphatic rings. The third kappa shape index (κ3) is 4.42. The van der Waals surface area contributed by atoms with Crippen LogP contribution in [0.2, 0.25) is 0 Å². The van der Waals surface area contributed by atoms with Crippen LogP contribution in [-0.2, 0) is 9.53 Å². The van der Waals surface area contributed by atoms with Gasteiger partial charge in [-0.25, -0.2) is 0 Å².